The Morgan fingerprint density at radius 3 is 2.25 bits per heavy atom. The number of benzene rings is 2. The third kappa shape index (κ3) is 3.53. The quantitative estimate of drug-likeness (QED) is 0.687. The summed E-state index contributed by atoms with van der Waals surface area (Å²) in [6.07, 6.45) is 2.69. The highest BCUT2D eigenvalue weighted by Crippen LogP contribution is 2.48. The van der Waals surface area contributed by atoms with Gasteiger partial charge in [-0.2, -0.15) is 0 Å². The Balaban J connectivity index is 2.33. The van der Waals surface area contributed by atoms with Crippen LogP contribution in [0.5, 0.6) is 17.2 Å². The molecule has 1 unspecified atom stereocenters. The molecule has 0 heterocycles. The van der Waals surface area contributed by atoms with Crippen LogP contribution in [-0.4, -0.2) is 32.9 Å². The molecule has 2 aromatic rings. The molecule has 0 N–H and O–H groups in total. The van der Waals surface area contributed by atoms with E-state index < -0.39 is 11.5 Å². The van der Waals surface area contributed by atoms with Crippen LogP contribution in [0.15, 0.2) is 23.8 Å². The molecule has 0 saturated heterocycles. The molecule has 28 heavy (non-hydrogen) atoms. The van der Waals surface area contributed by atoms with Gasteiger partial charge in [0.2, 0.25) is 0 Å². The number of carbonyl (C=O) groups excluding carboxylic acids is 1. The molecule has 0 amide bonds. The average Bonchev–Trinajstić information content (AvgIpc) is 2.63. The number of allylic oxidation sites excluding steroid dienone is 1. The molecule has 0 aromatic heterocycles. The van der Waals surface area contributed by atoms with Crippen LogP contribution in [0.3, 0.4) is 0 Å². The molecule has 0 fully saturated rings. The molecule has 0 saturated carbocycles. The van der Waals surface area contributed by atoms with Crippen LogP contribution < -0.4 is 14.2 Å². The first-order valence-corrected chi connectivity index (χ1v) is 9.35. The highest BCUT2D eigenvalue weighted by molar-refractivity contribution is 6.02. The van der Waals surface area contributed by atoms with Crippen LogP contribution in [-0.2, 0) is 9.53 Å². The summed E-state index contributed by atoms with van der Waals surface area (Å²) in [5.74, 6) is 1.34. The lowest BCUT2D eigenvalue weighted by Gasteiger charge is -2.29. The summed E-state index contributed by atoms with van der Waals surface area (Å²) in [5.41, 5.74) is 2.33. The van der Waals surface area contributed by atoms with Crippen molar-refractivity contribution in [3.8, 4) is 17.2 Å². The molecular formula is C23H28O5. The predicted octanol–water partition coefficient (Wildman–Crippen LogP) is 5.10. The van der Waals surface area contributed by atoms with E-state index in [-0.39, 0.29) is 5.97 Å². The Labute approximate surface area is 166 Å². The monoisotopic (exact) mass is 384 g/mol. The van der Waals surface area contributed by atoms with Gasteiger partial charge in [0.15, 0.2) is 0 Å². The summed E-state index contributed by atoms with van der Waals surface area (Å²) in [5, 5.41) is 1.68. The minimum absolute atomic E-state index is 0.249. The van der Waals surface area contributed by atoms with Crippen molar-refractivity contribution in [1.29, 1.82) is 0 Å². The van der Waals surface area contributed by atoms with E-state index in [1.807, 2.05) is 45.9 Å². The minimum atomic E-state index is -0.558. The smallest absolute Gasteiger partial charge is 0.314 e. The van der Waals surface area contributed by atoms with Crippen molar-refractivity contribution in [2.75, 3.05) is 21.3 Å². The number of hydrogen-bond donors (Lipinski definition) is 0. The molecule has 5 heteroatoms. The summed E-state index contributed by atoms with van der Waals surface area (Å²) < 4.78 is 22.7. The number of ether oxygens (including phenoxy) is 4. The van der Waals surface area contributed by atoms with Crippen molar-refractivity contribution >= 4 is 22.8 Å². The zero-order valence-corrected chi connectivity index (χ0v) is 17.6. The van der Waals surface area contributed by atoms with Gasteiger partial charge >= 0.3 is 5.97 Å². The second-order valence-electron chi connectivity index (χ2n) is 8.09. The summed E-state index contributed by atoms with van der Waals surface area (Å²) in [7, 11) is 4.87. The Bertz CT molecular complexity index is 950. The minimum Gasteiger partial charge on any atom is -0.496 e. The van der Waals surface area contributed by atoms with Gasteiger partial charge in [0.1, 0.15) is 22.8 Å². The van der Waals surface area contributed by atoms with Gasteiger partial charge in [-0.15, -0.1) is 0 Å². The lowest BCUT2D eigenvalue weighted by molar-refractivity contribution is -0.156. The van der Waals surface area contributed by atoms with E-state index >= 15 is 0 Å². The van der Waals surface area contributed by atoms with Crippen molar-refractivity contribution in [3.63, 3.8) is 0 Å². The molecule has 2 aromatic carbocycles. The first kappa shape index (κ1) is 20.1. The van der Waals surface area contributed by atoms with Crippen molar-refractivity contribution in [2.45, 2.75) is 45.6 Å². The fourth-order valence-corrected chi connectivity index (χ4v) is 3.82. The fraction of sp³-hybridized carbons (Fsp3) is 0.435. The molecule has 1 atom stereocenters. The zero-order valence-electron chi connectivity index (χ0n) is 17.6. The summed E-state index contributed by atoms with van der Waals surface area (Å²) in [6, 6.07) is 5.76. The molecule has 0 spiro atoms. The van der Waals surface area contributed by atoms with E-state index in [9.17, 15) is 4.79 Å². The molecule has 1 aliphatic rings. The molecule has 1 aliphatic carbocycles. The number of hydrogen-bond acceptors (Lipinski definition) is 5. The van der Waals surface area contributed by atoms with Crippen molar-refractivity contribution in [3.05, 3.63) is 34.9 Å². The number of methoxy groups -OCH3 is 3. The lowest BCUT2D eigenvalue weighted by atomic mass is 9.81. The van der Waals surface area contributed by atoms with Gasteiger partial charge in [-0.1, -0.05) is 11.6 Å². The van der Waals surface area contributed by atoms with Crippen LogP contribution in [0.1, 0.15) is 51.2 Å². The molecule has 0 aliphatic heterocycles. The third-order valence-corrected chi connectivity index (χ3v) is 4.86. The SMILES string of the molecule is COc1ccc(OC)c2c(OC)c3c(cc12)C=C(C)CC3C(=O)OC(C)(C)C. The van der Waals surface area contributed by atoms with Gasteiger partial charge in [-0.3, -0.25) is 4.79 Å². The third-order valence-electron chi connectivity index (χ3n) is 4.86. The molecule has 0 bridgehead atoms. The largest absolute Gasteiger partial charge is 0.496 e. The molecule has 3 rings (SSSR count). The lowest BCUT2D eigenvalue weighted by Crippen LogP contribution is -2.29. The van der Waals surface area contributed by atoms with Crippen molar-refractivity contribution in [2.24, 2.45) is 0 Å². The fourth-order valence-electron chi connectivity index (χ4n) is 3.82. The van der Waals surface area contributed by atoms with Crippen molar-refractivity contribution in [1.82, 2.24) is 0 Å². The molecule has 0 radical (unpaired) electrons. The first-order valence-electron chi connectivity index (χ1n) is 9.35. The maximum atomic E-state index is 13.0. The van der Waals surface area contributed by atoms with Gasteiger partial charge in [-0.05, 0) is 57.9 Å². The van der Waals surface area contributed by atoms with Gasteiger partial charge in [0.05, 0.1) is 32.6 Å². The highest BCUT2D eigenvalue weighted by Gasteiger charge is 2.34. The number of esters is 1. The Kier molecular flexibility index (Phi) is 5.28. The van der Waals surface area contributed by atoms with E-state index in [1.165, 1.54) is 0 Å². The number of rotatable bonds is 4. The van der Waals surface area contributed by atoms with Gasteiger partial charge in [0, 0.05) is 10.9 Å². The van der Waals surface area contributed by atoms with Crippen LogP contribution in [0.25, 0.3) is 16.8 Å². The predicted molar refractivity (Wildman–Crippen MR) is 110 cm³/mol. The van der Waals surface area contributed by atoms with Gasteiger partial charge < -0.3 is 18.9 Å². The zero-order chi connectivity index (χ0) is 20.6. The van der Waals surface area contributed by atoms with Crippen LogP contribution in [0.4, 0.5) is 0 Å². The standard InChI is InChI=1S/C23H28O5/c1-13-10-14-12-15-17(25-5)8-9-18(26-6)20(15)21(27-7)19(14)16(11-13)22(24)28-23(2,3)4/h8-10,12,16H,11H2,1-7H3. The Morgan fingerprint density at radius 1 is 1.04 bits per heavy atom. The van der Waals surface area contributed by atoms with Crippen LogP contribution in [0.2, 0.25) is 0 Å². The van der Waals surface area contributed by atoms with E-state index in [1.54, 1.807) is 21.3 Å². The maximum Gasteiger partial charge on any atom is 0.314 e. The van der Waals surface area contributed by atoms with Crippen LogP contribution in [0, 0.1) is 0 Å². The number of fused-ring (bicyclic) bond motifs is 2. The Morgan fingerprint density at radius 2 is 1.68 bits per heavy atom. The van der Waals surface area contributed by atoms with E-state index in [0.29, 0.717) is 17.9 Å². The van der Waals surface area contributed by atoms with Crippen LogP contribution >= 0.6 is 0 Å². The van der Waals surface area contributed by atoms with Gasteiger partial charge in [0.25, 0.3) is 0 Å². The normalized spacial score (nSPS) is 16.2. The average molecular weight is 384 g/mol. The molecule has 150 valence electrons. The Hall–Kier alpha value is -2.69. The second kappa shape index (κ2) is 7.38. The topological polar surface area (TPSA) is 54.0 Å². The summed E-state index contributed by atoms with van der Waals surface area (Å²) in [4.78, 5) is 13.0. The maximum absolute atomic E-state index is 13.0. The first-order chi connectivity index (χ1) is 13.2. The molecule has 5 nitrogen and oxygen atoms in total. The number of carbonyl (C=O) groups is 1. The van der Waals surface area contributed by atoms with E-state index in [0.717, 1.165) is 33.2 Å². The summed E-state index contributed by atoms with van der Waals surface area (Å²) >= 11 is 0. The van der Waals surface area contributed by atoms with Gasteiger partial charge in [-0.25, -0.2) is 0 Å². The molecular weight excluding hydrogens is 356 g/mol. The highest BCUT2D eigenvalue weighted by atomic mass is 16.6. The second-order valence-corrected chi connectivity index (χ2v) is 8.09. The summed E-state index contributed by atoms with van der Waals surface area (Å²) in [6.45, 7) is 7.66. The van der Waals surface area contributed by atoms with E-state index in [4.69, 9.17) is 18.9 Å². The van der Waals surface area contributed by atoms with E-state index in [2.05, 4.69) is 6.08 Å². The van der Waals surface area contributed by atoms with Crippen molar-refractivity contribution < 1.29 is 23.7 Å².